The van der Waals surface area contributed by atoms with Gasteiger partial charge in [0.25, 0.3) is 5.91 Å². The molecular formula is C28H30N2O6S. The number of hydrogen-bond acceptors (Lipinski definition) is 6. The lowest BCUT2D eigenvalue weighted by molar-refractivity contribution is -0.125. The van der Waals surface area contributed by atoms with Crippen LogP contribution in [-0.2, 0) is 24.3 Å². The Hall–Kier alpha value is -3.53. The molecule has 0 aromatic heterocycles. The van der Waals surface area contributed by atoms with Gasteiger partial charge in [-0.05, 0) is 55.7 Å². The van der Waals surface area contributed by atoms with Crippen molar-refractivity contribution in [3.8, 4) is 0 Å². The molecule has 37 heavy (non-hydrogen) atoms. The molecular weight excluding hydrogens is 492 g/mol. The van der Waals surface area contributed by atoms with Gasteiger partial charge in [0.1, 0.15) is 0 Å². The van der Waals surface area contributed by atoms with Crippen molar-refractivity contribution in [3.63, 3.8) is 0 Å². The molecule has 1 heterocycles. The van der Waals surface area contributed by atoms with Crippen molar-refractivity contribution in [1.82, 2.24) is 4.31 Å². The maximum atomic E-state index is 13.4. The lowest BCUT2D eigenvalue weighted by Crippen LogP contribution is -2.40. The van der Waals surface area contributed by atoms with E-state index >= 15 is 0 Å². The third-order valence-electron chi connectivity index (χ3n) is 6.25. The molecule has 194 valence electrons. The predicted molar refractivity (Wildman–Crippen MR) is 140 cm³/mol. The molecule has 0 spiro atoms. The van der Waals surface area contributed by atoms with Gasteiger partial charge in [0, 0.05) is 24.3 Å². The molecule has 1 N–H and O–H groups in total. The van der Waals surface area contributed by atoms with E-state index in [9.17, 15) is 18.0 Å². The molecule has 8 nitrogen and oxygen atoms in total. The minimum Gasteiger partial charge on any atom is -0.444 e. The fourth-order valence-corrected chi connectivity index (χ4v) is 5.49. The number of morpholine rings is 1. The van der Waals surface area contributed by atoms with E-state index in [4.69, 9.17) is 9.47 Å². The van der Waals surface area contributed by atoms with Crippen LogP contribution in [0.5, 0.6) is 0 Å². The van der Waals surface area contributed by atoms with Crippen LogP contribution in [0.15, 0.2) is 71.6 Å². The first-order valence-corrected chi connectivity index (χ1v) is 13.4. The van der Waals surface area contributed by atoms with Crippen LogP contribution in [-0.4, -0.2) is 50.9 Å². The number of esters is 1. The van der Waals surface area contributed by atoms with Crippen LogP contribution in [0.3, 0.4) is 0 Å². The highest BCUT2D eigenvalue weighted by Gasteiger charge is 2.30. The zero-order valence-corrected chi connectivity index (χ0v) is 21.9. The van der Waals surface area contributed by atoms with Gasteiger partial charge in [0.05, 0.1) is 23.7 Å². The first kappa shape index (κ1) is 26.5. The number of sulfonamides is 1. The second kappa shape index (κ2) is 11.2. The number of hydrogen-bond donors (Lipinski definition) is 1. The number of carbonyl (C=O) groups is 2. The second-order valence-electron chi connectivity index (χ2n) is 9.00. The van der Waals surface area contributed by atoms with Crippen molar-refractivity contribution in [2.24, 2.45) is 0 Å². The van der Waals surface area contributed by atoms with Crippen LogP contribution in [0.25, 0.3) is 0 Å². The van der Waals surface area contributed by atoms with Crippen LogP contribution in [0.1, 0.15) is 38.7 Å². The number of benzene rings is 3. The number of carbonyl (C=O) groups excluding carboxylic acids is 2. The third kappa shape index (κ3) is 6.07. The average molecular weight is 523 g/mol. The van der Waals surface area contributed by atoms with Crippen molar-refractivity contribution >= 4 is 27.6 Å². The van der Waals surface area contributed by atoms with E-state index in [1.807, 2.05) is 32.0 Å². The lowest BCUT2D eigenvalue weighted by atomic mass is 10.1. The van der Waals surface area contributed by atoms with Crippen molar-refractivity contribution in [2.45, 2.75) is 31.8 Å². The Bertz CT molecular complexity index is 1400. The number of nitrogens with one attached hydrogen (secondary N) is 1. The summed E-state index contributed by atoms with van der Waals surface area (Å²) in [5.41, 5.74) is 3.57. The zero-order valence-electron chi connectivity index (χ0n) is 21.1. The standard InChI is InChI=1S/C28H30N2O6S/c1-19-9-10-21(3)25(17-19)29-27(31)26(22-7-5-4-6-8-22)36-28(32)24-18-23(12-11-20(24)2)37(33,34)30-13-15-35-16-14-30/h4-12,17-18,26H,13-16H2,1-3H3,(H,29,31)/t26-/m0/s1. The minimum absolute atomic E-state index is 0.0111. The maximum absolute atomic E-state index is 13.4. The molecule has 0 saturated carbocycles. The van der Waals surface area contributed by atoms with Gasteiger partial charge in [-0.25, -0.2) is 13.2 Å². The Kier molecular flexibility index (Phi) is 8.06. The van der Waals surface area contributed by atoms with Crippen molar-refractivity contribution in [3.05, 3.63) is 94.5 Å². The van der Waals surface area contributed by atoms with E-state index < -0.39 is 28.0 Å². The molecule has 0 radical (unpaired) electrons. The molecule has 3 aromatic rings. The number of rotatable bonds is 7. The average Bonchev–Trinajstić information content (AvgIpc) is 2.90. The predicted octanol–water partition coefficient (Wildman–Crippen LogP) is 4.17. The first-order valence-electron chi connectivity index (χ1n) is 12.0. The van der Waals surface area contributed by atoms with Crippen LogP contribution in [0, 0.1) is 20.8 Å². The Balaban J connectivity index is 1.63. The molecule has 0 aliphatic carbocycles. The Morgan fingerprint density at radius 1 is 0.919 bits per heavy atom. The second-order valence-corrected chi connectivity index (χ2v) is 10.9. The van der Waals surface area contributed by atoms with Crippen molar-refractivity contribution < 1.29 is 27.5 Å². The number of amides is 1. The van der Waals surface area contributed by atoms with E-state index in [2.05, 4.69) is 5.32 Å². The van der Waals surface area contributed by atoms with Crippen molar-refractivity contribution in [1.29, 1.82) is 0 Å². The first-order chi connectivity index (χ1) is 17.7. The molecule has 1 aliphatic rings. The van der Waals surface area contributed by atoms with E-state index in [0.29, 0.717) is 30.0 Å². The van der Waals surface area contributed by atoms with Crippen LogP contribution >= 0.6 is 0 Å². The molecule has 0 unspecified atom stereocenters. The van der Waals surface area contributed by atoms with Crippen LogP contribution in [0.4, 0.5) is 5.69 Å². The molecule has 1 aliphatic heterocycles. The maximum Gasteiger partial charge on any atom is 0.339 e. The lowest BCUT2D eigenvalue weighted by Gasteiger charge is -2.26. The van der Waals surface area contributed by atoms with E-state index in [1.54, 1.807) is 43.3 Å². The summed E-state index contributed by atoms with van der Waals surface area (Å²) in [7, 11) is -3.82. The summed E-state index contributed by atoms with van der Waals surface area (Å²) >= 11 is 0. The quantitative estimate of drug-likeness (QED) is 0.468. The van der Waals surface area contributed by atoms with E-state index in [0.717, 1.165) is 11.1 Å². The number of aryl methyl sites for hydroxylation is 3. The summed E-state index contributed by atoms with van der Waals surface area (Å²) < 4.78 is 38.6. The number of ether oxygens (including phenoxy) is 2. The van der Waals surface area contributed by atoms with Gasteiger partial charge in [0.15, 0.2) is 0 Å². The summed E-state index contributed by atoms with van der Waals surface area (Å²) in [4.78, 5) is 26.7. The summed E-state index contributed by atoms with van der Waals surface area (Å²) in [6.45, 7) is 6.60. The molecule has 1 atom stereocenters. The summed E-state index contributed by atoms with van der Waals surface area (Å²) in [6.07, 6.45) is -1.24. The largest absolute Gasteiger partial charge is 0.444 e. The highest BCUT2D eigenvalue weighted by Crippen LogP contribution is 2.26. The van der Waals surface area contributed by atoms with E-state index in [-0.39, 0.29) is 23.5 Å². The Morgan fingerprint density at radius 2 is 1.59 bits per heavy atom. The Labute approximate surface area is 217 Å². The molecule has 1 saturated heterocycles. The molecule has 9 heteroatoms. The highest BCUT2D eigenvalue weighted by molar-refractivity contribution is 7.89. The van der Waals surface area contributed by atoms with Gasteiger partial charge >= 0.3 is 5.97 Å². The normalized spacial score (nSPS) is 15.1. The summed E-state index contributed by atoms with van der Waals surface area (Å²) in [5, 5.41) is 2.87. The molecule has 3 aromatic carbocycles. The van der Waals surface area contributed by atoms with Crippen molar-refractivity contribution in [2.75, 3.05) is 31.6 Å². The van der Waals surface area contributed by atoms with E-state index in [1.165, 1.54) is 16.4 Å². The number of nitrogens with zero attached hydrogens (tertiary/aromatic N) is 1. The van der Waals surface area contributed by atoms with Gasteiger partial charge < -0.3 is 14.8 Å². The molecule has 1 fully saturated rings. The summed E-state index contributed by atoms with van der Waals surface area (Å²) in [5.74, 6) is -1.30. The van der Waals surface area contributed by atoms with Gasteiger partial charge in [-0.2, -0.15) is 4.31 Å². The zero-order chi connectivity index (χ0) is 26.6. The monoisotopic (exact) mass is 522 g/mol. The van der Waals surface area contributed by atoms with Crippen LogP contribution < -0.4 is 5.32 Å². The van der Waals surface area contributed by atoms with Crippen LogP contribution in [0.2, 0.25) is 0 Å². The fourth-order valence-electron chi connectivity index (χ4n) is 4.06. The van der Waals surface area contributed by atoms with Gasteiger partial charge in [-0.15, -0.1) is 0 Å². The Morgan fingerprint density at radius 3 is 2.30 bits per heavy atom. The molecule has 0 bridgehead atoms. The molecule has 1 amide bonds. The minimum atomic E-state index is -3.82. The van der Waals surface area contributed by atoms with Gasteiger partial charge in [-0.3, -0.25) is 4.79 Å². The fraction of sp³-hybridized carbons (Fsp3) is 0.286. The smallest absolute Gasteiger partial charge is 0.339 e. The number of anilines is 1. The van der Waals surface area contributed by atoms with Gasteiger partial charge in [-0.1, -0.05) is 48.5 Å². The highest BCUT2D eigenvalue weighted by atomic mass is 32.2. The SMILES string of the molecule is Cc1ccc(C)c(NC(=O)[C@@H](OC(=O)c2cc(S(=O)(=O)N3CCOCC3)ccc2C)c2ccccc2)c1. The summed E-state index contributed by atoms with van der Waals surface area (Å²) in [6, 6.07) is 18.8. The van der Waals surface area contributed by atoms with Gasteiger partial charge in [0.2, 0.25) is 16.1 Å². The molecule has 4 rings (SSSR count). The third-order valence-corrected chi connectivity index (χ3v) is 8.15. The topological polar surface area (TPSA) is 102 Å².